The van der Waals surface area contributed by atoms with Crippen LogP contribution < -0.4 is 0 Å². The number of aromatic nitrogens is 4. The van der Waals surface area contributed by atoms with Crippen LogP contribution in [0.2, 0.25) is 0 Å². The molecule has 2 heterocycles. The second-order valence-electron chi connectivity index (χ2n) is 4.79. The summed E-state index contributed by atoms with van der Waals surface area (Å²) in [5.41, 5.74) is 2.16. The van der Waals surface area contributed by atoms with Gasteiger partial charge in [0.2, 0.25) is 0 Å². The first-order valence-corrected chi connectivity index (χ1v) is 6.29. The molecule has 0 amide bonds. The molecule has 102 valence electrons. The maximum absolute atomic E-state index is 12.9. The summed E-state index contributed by atoms with van der Waals surface area (Å²) >= 11 is 0. The second kappa shape index (κ2) is 4.88. The molecule has 6 heteroatoms. The fraction of sp³-hybridized carbons (Fsp3) is 0.214. The second-order valence-corrected chi connectivity index (χ2v) is 4.79. The van der Waals surface area contributed by atoms with Crippen molar-refractivity contribution in [3.8, 4) is 22.8 Å². The third-order valence-corrected chi connectivity index (χ3v) is 2.91. The molecule has 0 bridgehead atoms. The predicted octanol–water partition coefficient (Wildman–Crippen LogP) is 3.39. The van der Waals surface area contributed by atoms with Gasteiger partial charge in [-0.05, 0) is 30.3 Å². The molecule has 20 heavy (non-hydrogen) atoms. The maximum atomic E-state index is 12.9. The number of nitrogens with zero attached hydrogens (tertiary/aromatic N) is 3. The molecule has 0 saturated heterocycles. The Balaban J connectivity index is 1.91. The molecule has 0 aliphatic carbocycles. The molecule has 3 rings (SSSR count). The van der Waals surface area contributed by atoms with E-state index in [-0.39, 0.29) is 11.7 Å². The van der Waals surface area contributed by atoms with Crippen molar-refractivity contribution in [1.29, 1.82) is 0 Å². The highest BCUT2D eigenvalue weighted by molar-refractivity contribution is 5.64. The molecule has 0 saturated carbocycles. The number of halogens is 1. The van der Waals surface area contributed by atoms with Gasteiger partial charge in [0.25, 0.3) is 5.89 Å². The van der Waals surface area contributed by atoms with E-state index in [0.29, 0.717) is 23.1 Å². The number of nitrogens with one attached hydrogen (secondary N) is 1. The molecular formula is C14H13FN4O. The Labute approximate surface area is 114 Å². The van der Waals surface area contributed by atoms with Gasteiger partial charge in [0, 0.05) is 11.5 Å². The van der Waals surface area contributed by atoms with Gasteiger partial charge < -0.3 is 4.52 Å². The fourth-order valence-corrected chi connectivity index (χ4v) is 1.78. The highest BCUT2D eigenvalue weighted by atomic mass is 19.1. The van der Waals surface area contributed by atoms with E-state index in [4.69, 9.17) is 4.52 Å². The monoisotopic (exact) mass is 272 g/mol. The molecular weight excluding hydrogens is 259 g/mol. The van der Waals surface area contributed by atoms with E-state index in [1.54, 1.807) is 18.2 Å². The molecule has 1 N–H and O–H groups in total. The van der Waals surface area contributed by atoms with Crippen LogP contribution >= 0.6 is 0 Å². The average molecular weight is 272 g/mol. The van der Waals surface area contributed by atoms with E-state index < -0.39 is 0 Å². The number of H-pyrrole nitrogens is 1. The van der Waals surface area contributed by atoms with E-state index in [1.165, 1.54) is 12.1 Å². The minimum Gasteiger partial charge on any atom is -0.332 e. The smallest absolute Gasteiger partial charge is 0.275 e. The largest absolute Gasteiger partial charge is 0.332 e. The number of rotatable bonds is 3. The molecule has 0 aliphatic heterocycles. The zero-order valence-electron chi connectivity index (χ0n) is 11.1. The summed E-state index contributed by atoms with van der Waals surface area (Å²) in [7, 11) is 0. The van der Waals surface area contributed by atoms with Crippen LogP contribution in [0.15, 0.2) is 34.9 Å². The van der Waals surface area contributed by atoms with E-state index >= 15 is 0 Å². The van der Waals surface area contributed by atoms with Crippen molar-refractivity contribution in [3.05, 3.63) is 42.0 Å². The molecule has 2 aromatic heterocycles. The van der Waals surface area contributed by atoms with E-state index in [0.717, 1.165) is 5.56 Å². The van der Waals surface area contributed by atoms with Crippen LogP contribution in [0, 0.1) is 5.82 Å². The molecule has 3 aromatic rings. The average Bonchev–Trinajstić information content (AvgIpc) is 3.08. The minimum atomic E-state index is -0.275. The summed E-state index contributed by atoms with van der Waals surface area (Å²) in [6.07, 6.45) is 0. The van der Waals surface area contributed by atoms with Crippen molar-refractivity contribution in [2.75, 3.05) is 0 Å². The quantitative estimate of drug-likeness (QED) is 0.793. The standard InChI is InChI=1S/C14H13FN4O/c1-8(2)13-16-14(20-19-13)12-7-11(17-18-12)9-3-5-10(15)6-4-9/h3-8H,1-2H3,(H,17,18). The zero-order valence-corrected chi connectivity index (χ0v) is 11.1. The van der Waals surface area contributed by atoms with Gasteiger partial charge in [-0.3, -0.25) is 5.10 Å². The van der Waals surface area contributed by atoms with Gasteiger partial charge >= 0.3 is 0 Å². The van der Waals surface area contributed by atoms with Crippen molar-refractivity contribution in [2.24, 2.45) is 0 Å². The van der Waals surface area contributed by atoms with E-state index in [9.17, 15) is 4.39 Å². The lowest BCUT2D eigenvalue weighted by atomic mass is 10.1. The maximum Gasteiger partial charge on any atom is 0.275 e. The molecule has 0 fully saturated rings. The van der Waals surface area contributed by atoms with Crippen LogP contribution in [0.3, 0.4) is 0 Å². The zero-order chi connectivity index (χ0) is 14.1. The summed E-state index contributed by atoms with van der Waals surface area (Å²) < 4.78 is 18.1. The Kier molecular flexibility index (Phi) is 3.06. The van der Waals surface area contributed by atoms with E-state index in [2.05, 4.69) is 20.3 Å². The van der Waals surface area contributed by atoms with Gasteiger partial charge in [0.15, 0.2) is 5.82 Å². The van der Waals surface area contributed by atoms with E-state index in [1.807, 2.05) is 13.8 Å². The molecule has 0 radical (unpaired) electrons. The third-order valence-electron chi connectivity index (χ3n) is 2.91. The van der Waals surface area contributed by atoms with Crippen LogP contribution in [0.4, 0.5) is 4.39 Å². The highest BCUT2D eigenvalue weighted by Gasteiger charge is 2.14. The minimum absolute atomic E-state index is 0.201. The lowest BCUT2D eigenvalue weighted by molar-refractivity contribution is 0.418. The Morgan fingerprint density at radius 2 is 1.95 bits per heavy atom. The lowest BCUT2D eigenvalue weighted by Crippen LogP contribution is -1.89. The molecule has 0 aliphatic rings. The molecule has 1 aromatic carbocycles. The van der Waals surface area contributed by atoms with Gasteiger partial charge in [-0.1, -0.05) is 19.0 Å². The normalized spacial score (nSPS) is 11.2. The van der Waals surface area contributed by atoms with Crippen LogP contribution in [-0.2, 0) is 0 Å². The third kappa shape index (κ3) is 2.32. The van der Waals surface area contributed by atoms with Gasteiger partial charge in [0.1, 0.15) is 11.5 Å². The van der Waals surface area contributed by atoms with Crippen LogP contribution in [0.5, 0.6) is 0 Å². The van der Waals surface area contributed by atoms with Crippen molar-refractivity contribution >= 4 is 0 Å². The molecule has 5 nitrogen and oxygen atoms in total. The summed E-state index contributed by atoms with van der Waals surface area (Å²) in [6.45, 7) is 3.98. The van der Waals surface area contributed by atoms with Crippen molar-refractivity contribution in [1.82, 2.24) is 20.3 Å². The molecule has 0 unspecified atom stereocenters. The molecule has 0 spiro atoms. The van der Waals surface area contributed by atoms with Crippen LogP contribution in [0.1, 0.15) is 25.6 Å². The number of benzene rings is 1. The number of hydrogen-bond donors (Lipinski definition) is 1. The Bertz CT molecular complexity index is 715. The topological polar surface area (TPSA) is 67.6 Å². The predicted molar refractivity (Wildman–Crippen MR) is 71.4 cm³/mol. The first-order chi connectivity index (χ1) is 9.63. The van der Waals surface area contributed by atoms with Gasteiger partial charge in [-0.2, -0.15) is 10.1 Å². The van der Waals surface area contributed by atoms with Crippen molar-refractivity contribution in [3.63, 3.8) is 0 Å². The lowest BCUT2D eigenvalue weighted by Gasteiger charge is -1.94. The first kappa shape index (κ1) is 12.5. The van der Waals surface area contributed by atoms with Gasteiger partial charge in [-0.25, -0.2) is 4.39 Å². The summed E-state index contributed by atoms with van der Waals surface area (Å²) in [5.74, 6) is 0.975. The Hall–Kier alpha value is -2.50. The summed E-state index contributed by atoms with van der Waals surface area (Å²) in [4.78, 5) is 4.29. The summed E-state index contributed by atoms with van der Waals surface area (Å²) in [5, 5.41) is 10.9. The Morgan fingerprint density at radius 3 is 2.60 bits per heavy atom. The van der Waals surface area contributed by atoms with Gasteiger partial charge in [-0.15, -0.1) is 0 Å². The SMILES string of the molecule is CC(C)c1noc(-c2cc(-c3ccc(F)cc3)n[nH]2)n1. The molecule has 0 atom stereocenters. The summed E-state index contributed by atoms with van der Waals surface area (Å²) in [6, 6.07) is 7.93. The van der Waals surface area contributed by atoms with Crippen LogP contribution in [0.25, 0.3) is 22.8 Å². The van der Waals surface area contributed by atoms with Crippen LogP contribution in [-0.4, -0.2) is 20.3 Å². The number of aromatic amines is 1. The van der Waals surface area contributed by atoms with Crippen molar-refractivity contribution in [2.45, 2.75) is 19.8 Å². The first-order valence-electron chi connectivity index (χ1n) is 6.29. The van der Waals surface area contributed by atoms with Crippen molar-refractivity contribution < 1.29 is 8.91 Å². The Morgan fingerprint density at radius 1 is 1.20 bits per heavy atom. The highest BCUT2D eigenvalue weighted by Crippen LogP contribution is 2.23. The fourth-order valence-electron chi connectivity index (χ4n) is 1.78. The van der Waals surface area contributed by atoms with Gasteiger partial charge in [0.05, 0.1) is 5.69 Å². The number of hydrogen-bond acceptors (Lipinski definition) is 4.